The van der Waals surface area contributed by atoms with Crippen molar-refractivity contribution in [3.8, 4) is 0 Å². The minimum atomic E-state index is -0.247. The van der Waals surface area contributed by atoms with Gasteiger partial charge in [-0.05, 0) is 31.0 Å². The summed E-state index contributed by atoms with van der Waals surface area (Å²) in [6, 6.07) is 6.44. The van der Waals surface area contributed by atoms with Gasteiger partial charge in [0.1, 0.15) is 5.82 Å². The first-order valence-corrected chi connectivity index (χ1v) is 5.86. The largest absolute Gasteiger partial charge is 0.353 e. The molecule has 3 nitrogen and oxygen atoms in total. The third-order valence-electron chi connectivity index (χ3n) is 2.55. The molecule has 1 aromatic carbocycles. The molecule has 0 fully saturated rings. The molecule has 94 valence electrons. The molecule has 17 heavy (non-hydrogen) atoms. The molecule has 4 heteroatoms. The summed E-state index contributed by atoms with van der Waals surface area (Å²) in [5.74, 6) is -0.260. The third kappa shape index (κ3) is 5.45. The van der Waals surface area contributed by atoms with Crippen molar-refractivity contribution in [2.75, 3.05) is 6.54 Å². The highest BCUT2D eigenvalue weighted by molar-refractivity contribution is 5.78. The molecular weight excluding hydrogens is 219 g/mol. The fraction of sp³-hybridized carbons (Fsp3) is 0.462. The summed E-state index contributed by atoms with van der Waals surface area (Å²) >= 11 is 0. The molecule has 0 saturated carbocycles. The van der Waals surface area contributed by atoms with E-state index >= 15 is 0 Å². The van der Waals surface area contributed by atoms with Crippen LogP contribution in [0.2, 0.25) is 0 Å². The van der Waals surface area contributed by atoms with E-state index in [1.165, 1.54) is 12.1 Å². The van der Waals surface area contributed by atoms with Crippen LogP contribution >= 0.6 is 0 Å². The molecule has 0 heterocycles. The summed E-state index contributed by atoms with van der Waals surface area (Å²) in [6.45, 7) is 4.84. The Morgan fingerprint density at radius 2 is 2.00 bits per heavy atom. The number of nitrogens with one attached hydrogen (secondary N) is 2. The lowest BCUT2D eigenvalue weighted by molar-refractivity contribution is -0.120. The lowest BCUT2D eigenvalue weighted by Crippen LogP contribution is -2.38. The van der Waals surface area contributed by atoms with Crippen LogP contribution in [0.4, 0.5) is 4.39 Å². The molecule has 1 amide bonds. The van der Waals surface area contributed by atoms with Gasteiger partial charge in [-0.1, -0.05) is 19.1 Å². The van der Waals surface area contributed by atoms with Crippen molar-refractivity contribution in [3.63, 3.8) is 0 Å². The molecule has 0 radical (unpaired) electrons. The molecule has 0 saturated heterocycles. The molecule has 0 aliphatic rings. The molecule has 0 spiro atoms. The zero-order valence-corrected chi connectivity index (χ0v) is 10.3. The van der Waals surface area contributed by atoms with Crippen LogP contribution in [0.25, 0.3) is 0 Å². The Balaban J connectivity index is 2.23. The van der Waals surface area contributed by atoms with E-state index in [9.17, 15) is 9.18 Å². The molecule has 1 atom stereocenters. The number of hydrogen-bond acceptors (Lipinski definition) is 2. The van der Waals surface area contributed by atoms with Gasteiger partial charge < -0.3 is 10.6 Å². The summed E-state index contributed by atoms with van der Waals surface area (Å²) in [5.41, 5.74) is 0.961. The summed E-state index contributed by atoms with van der Waals surface area (Å²) < 4.78 is 12.6. The van der Waals surface area contributed by atoms with Crippen LogP contribution in [-0.4, -0.2) is 18.5 Å². The Hall–Kier alpha value is -1.42. The number of rotatable bonds is 6. The highest BCUT2D eigenvalue weighted by Crippen LogP contribution is 2.01. The predicted octanol–water partition coefficient (Wildman–Crippen LogP) is 1.83. The zero-order chi connectivity index (χ0) is 12.7. The van der Waals surface area contributed by atoms with E-state index in [0.717, 1.165) is 12.0 Å². The molecule has 1 unspecified atom stereocenters. The molecule has 0 aliphatic carbocycles. The standard InChI is InChI=1S/C13H19FN2O/c1-3-10(2)16-13(17)9-15-8-11-4-6-12(14)7-5-11/h4-7,10,15H,3,8-9H2,1-2H3,(H,16,17). The molecule has 1 rings (SSSR count). The van der Waals surface area contributed by atoms with Crippen molar-refractivity contribution in [3.05, 3.63) is 35.6 Å². The Morgan fingerprint density at radius 3 is 2.59 bits per heavy atom. The first-order chi connectivity index (χ1) is 8.11. The van der Waals surface area contributed by atoms with E-state index in [1.807, 2.05) is 13.8 Å². The maximum atomic E-state index is 12.6. The van der Waals surface area contributed by atoms with Crippen molar-refractivity contribution < 1.29 is 9.18 Å². The van der Waals surface area contributed by atoms with Crippen LogP contribution in [-0.2, 0) is 11.3 Å². The zero-order valence-electron chi connectivity index (χ0n) is 10.3. The van der Waals surface area contributed by atoms with Gasteiger partial charge in [-0.25, -0.2) is 4.39 Å². The topological polar surface area (TPSA) is 41.1 Å². The minimum absolute atomic E-state index is 0.0125. The van der Waals surface area contributed by atoms with E-state index < -0.39 is 0 Å². The van der Waals surface area contributed by atoms with Crippen molar-refractivity contribution >= 4 is 5.91 Å². The van der Waals surface area contributed by atoms with Crippen molar-refractivity contribution in [1.29, 1.82) is 0 Å². The molecule has 0 bridgehead atoms. The van der Waals surface area contributed by atoms with Crippen LogP contribution in [0.3, 0.4) is 0 Å². The smallest absolute Gasteiger partial charge is 0.234 e. The number of carbonyl (C=O) groups excluding carboxylic acids is 1. The molecule has 0 aliphatic heterocycles. The number of carbonyl (C=O) groups is 1. The van der Waals surface area contributed by atoms with Crippen molar-refractivity contribution in [2.45, 2.75) is 32.9 Å². The fourth-order valence-electron chi connectivity index (χ4n) is 1.35. The van der Waals surface area contributed by atoms with Crippen molar-refractivity contribution in [1.82, 2.24) is 10.6 Å². The summed E-state index contributed by atoms with van der Waals surface area (Å²) in [7, 11) is 0. The van der Waals surface area contributed by atoms with E-state index in [0.29, 0.717) is 6.54 Å². The fourth-order valence-corrected chi connectivity index (χ4v) is 1.35. The van der Waals surface area contributed by atoms with Gasteiger partial charge in [0.05, 0.1) is 6.54 Å². The first-order valence-electron chi connectivity index (χ1n) is 5.86. The number of amides is 1. The van der Waals surface area contributed by atoms with Crippen LogP contribution in [0.5, 0.6) is 0 Å². The van der Waals surface area contributed by atoms with Crippen LogP contribution < -0.4 is 10.6 Å². The lowest BCUT2D eigenvalue weighted by Gasteiger charge is -2.11. The summed E-state index contributed by atoms with van der Waals surface area (Å²) in [4.78, 5) is 11.4. The van der Waals surface area contributed by atoms with Gasteiger partial charge in [0.15, 0.2) is 0 Å². The van der Waals surface area contributed by atoms with Gasteiger partial charge in [0.2, 0.25) is 5.91 Å². The van der Waals surface area contributed by atoms with E-state index in [2.05, 4.69) is 10.6 Å². The van der Waals surface area contributed by atoms with Crippen molar-refractivity contribution in [2.24, 2.45) is 0 Å². The summed E-state index contributed by atoms with van der Waals surface area (Å²) in [6.07, 6.45) is 0.920. The Morgan fingerprint density at radius 1 is 1.35 bits per heavy atom. The Labute approximate surface area is 101 Å². The SMILES string of the molecule is CCC(C)NC(=O)CNCc1ccc(F)cc1. The minimum Gasteiger partial charge on any atom is -0.353 e. The van der Waals surface area contributed by atoms with Gasteiger partial charge >= 0.3 is 0 Å². The lowest BCUT2D eigenvalue weighted by atomic mass is 10.2. The number of hydrogen-bond donors (Lipinski definition) is 2. The predicted molar refractivity (Wildman–Crippen MR) is 66.0 cm³/mol. The average Bonchev–Trinajstić information content (AvgIpc) is 2.31. The number of benzene rings is 1. The monoisotopic (exact) mass is 238 g/mol. The maximum absolute atomic E-state index is 12.6. The Bertz CT molecular complexity index is 351. The first kappa shape index (κ1) is 13.6. The van der Waals surface area contributed by atoms with Crippen LogP contribution in [0, 0.1) is 5.82 Å². The molecule has 1 aromatic rings. The van der Waals surface area contributed by atoms with Crippen LogP contribution in [0.1, 0.15) is 25.8 Å². The molecular formula is C13H19FN2O. The molecule has 2 N–H and O–H groups in total. The Kier molecular flexibility index (Phi) is 5.63. The van der Waals surface area contributed by atoms with E-state index in [4.69, 9.17) is 0 Å². The van der Waals surface area contributed by atoms with Gasteiger partial charge in [0, 0.05) is 12.6 Å². The normalized spacial score (nSPS) is 12.2. The average molecular weight is 238 g/mol. The second-order valence-electron chi connectivity index (χ2n) is 4.11. The highest BCUT2D eigenvalue weighted by atomic mass is 19.1. The van der Waals surface area contributed by atoms with E-state index in [1.54, 1.807) is 12.1 Å². The summed E-state index contributed by atoms with van der Waals surface area (Å²) in [5, 5.41) is 5.88. The second-order valence-corrected chi connectivity index (χ2v) is 4.11. The number of halogens is 1. The highest BCUT2D eigenvalue weighted by Gasteiger charge is 2.04. The maximum Gasteiger partial charge on any atom is 0.234 e. The van der Waals surface area contributed by atoms with Gasteiger partial charge in [0.25, 0.3) is 0 Å². The van der Waals surface area contributed by atoms with Gasteiger partial charge in [-0.3, -0.25) is 4.79 Å². The quantitative estimate of drug-likeness (QED) is 0.794. The van der Waals surface area contributed by atoms with Gasteiger partial charge in [-0.15, -0.1) is 0 Å². The van der Waals surface area contributed by atoms with Crippen LogP contribution in [0.15, 0.2) is 24.3 Å². The second kappa shape index (κ2) is 7.01. The van der Waals surface area contributed by atoms with Gasteiger partial charge in [-0.2, -0.15) is 0 Å². The third-order valence-corrected chi connectivity index (χ3v) is 2.55. The molecule has 0 aromatic heterocycles. The van der Waals surface area contributed by atoms with E-state index in [-0.39, 0.29) is 24.3 Å².